The molecule has 1 aliphatic heterocycles. The van der Waals surface area contributed by atoms with Gasteiger partial charge in [-0.05, 0) is 18.6 Å². The second-order valence-corrected chi connectivity index (χ2v) is 5.85. The fourth-order valence-electron chi connectivity index (χ4n) is 3.11. The molecule has 3 heterocycles. The van der Waals surface area contributed by atoms with Crippen molar-refractivity contribution in [2.45, 2.75) is 18.9 Å². The Kier molecular flexibility index (Phi) is 3.34. The lowest BCUT2D eigenvalue weighted by Gasteiger charge is -2.15. The van der Waals surface area contributed by atoms with Crippen LogP contribution in [-0.4, -0.2) is 33.8 Å². The second kappa shape index (κ2) is 5.52. The van der Waals surface area contributed by atoms with E-state index in [0.29, 0.717) is 30.0 Å². The molecule has 1 atom stereocenters. The van der Waals surface area contributed by atoms with Crippen molar-refractivity contribution in [2.24, 2.45) is 5.73 Å². The normalized spacial score (nSPS) is 17.3. The van der Waals surface area contributed by atoms with Crippen LogP contribution < -0.4 is 15.8 Å². The average molecular weight is 324 g/mol. The lowest BCUT2D eigenvalue weighted by Crippen LogP contribution is -2.30. The fourth-order valence-corrected chi connectivity index (χ4v) is 3.11. The number of hydrogen-bond acceptors (Lipinski definition) is 4. The van der Waals surface area contributed by atoms with Crippen LogP contribution in [0.25, 0.3) is 16.6 Å². The van der Waals surface area contributed by atoms with Crippen molar-refractivity contribution in [1.82, 2.24) is 14.7 Å². The molecule has 1 saturated heterocycles. The van der Waals surface area contributed by atoms with Crippen molar-refractivity contribution in [1.29, 1.82) is 0 Å². The Labute approximate surface area is 137 Å². The van der Waals surface area contributed by atoms with Gasteiger partial charge in [0.2, 0.25) is 5.91 Å². The maximum atomic E-state index is 11.7. The van der Waals surface area contributed by atoms with E-state index in [1.807, 2.05) is 18.2 Å². The molecule has 3 N–H and O–H groups in total. The number of amides is 2. The average Bonchev–Trinajstić information content (AvgIpc) is 3.20. The second-order valence-electron chi connectivity index (χ2n) is 5.85. The highest BCUT2D eigenvalue weighted by Crippen LogP contribution is 2.29. The van der Waals surface area contributed by atoms with E-state index < -0.39 is 5.91 Å². The van der Waals surface area contributed by atoms with Crippen LogP contribution in [0.15, 0.2) is 36.7 Å². The Balaban J connectivity index is 1.77. The molecule has 0 radical (unpaired) electrons. The summed E-state index contributed by atoms with van der Waals surface area (Å²) in [7, 11) is 0. The summed E-state index contributed by atoms with van der Waals surface area (Å²) in [5.41, 5.74) is 7.15. The molecular weight excluding hydrogens is 308 g/mol. The molecule has 1 aliphatic rings. The first kappa shape index (κ1) is 14.5. The van der Waals surface area contributed by atoms with E-state index in [2.05, 4.69) is 10.3 Å². The number of fused-ring (bicyclic) bond motifs is 3. The smallest absolute Gasteiger partial charge is 0.252 e. The summed E-state index contributed by atoms with van der Waals surface area (Å²) in [6, 6.07) is 7.37. The highest BCUT2D eigenvalue weighted by atomic mass is 16.5. The standard InChI is InChI=1S/C17H16N4O3/c18-16(23)12-8-10-2-1-3-13(15(10)21-7-6-19-17(12)21)24-9-11-4-5-14(22)20-11/h1-3,6-8,11H,4-5,9H2,(H2,18,23)(H,20,22)/t11-/m0/s1. The Morgan fingerprint density at radius 1 is 1.46 bits per heavy atom. The number of nitrogens with one attached hydrogen (secondary N) is 1. The van der Waals surface area contributed by atoms with Gasteiger partial charge in [-0.3, -0.25) is 14.0 Å². The molecule has 1 aromatic carbocycles. The molecule has 7 heteroatoms. The highest BCUT2D eigenvalue weighted by molar-refractivity contribution is 6.03. The van der Waals surface area contributed by atoms with Crippen LogP contribution in [0.2, 0.25) is 0 Å². The number of nitrogens with two attached hydrogens (primary N) is 1. The molecule has 0 spiro atoms. The molecule has 24 heavy (non-hydrogen) atoms. The van der Waals surface area contributed by atoms with Gasteiger partial charge in [0.05, 0.1) is 17.1 Å². The Hall–Kier alpha value is -3.09. The van der Waals surface area contributed by atoms with Crippen LogP contribution >= 0.6 is 0 Å². The largest absolute Gasteiger partial charge is 0.489 e. The number of benzene rings is 1. The number of ether oxygens (including phenoxy) is 1. The molecule has 7 nitrogen and oxygen atoms in total. The van der Waals surface area contributed by atoms with Crippen molar-refractivity contribution >= 4 is 28.4 Å². The molecule has 2 aromatic heterocycles. The van der Waals surface area contributed by atoms with E-state index in [-0.39, 0.29) is 11.9 Å². The number of rotatable bonds is 4. The summed E-state index contributed by atoms with van der Waals surface area (Å²) in [6.07, 6.45) is 4.71. The van der Waals surface area contributed by atoms with Gasteiger partial charge in [0.15, 0.2) is 0 Å². The van der Waals surface area contributed by atoms with Crippen molar-refractivity contribution in [3.05, 3.63) is 42.2 Å². The predicted octanol–water partition coefficient (Wildman–Crippen LogP) is 1.24. The third kappa shape index (κ3) is 2.34. The van der Waals surface area contributed by atoms with E-state index in [9.17, 15) is 9.59 Å². The van der Waals surface area contributed by atoms with E-state index in [4.69, 9.17) is 10.5 Å². The number of primary amides is 1. The third-order valence-corrected chi connectivity index (χ3v) is 4.24. The van der Waals surface area contributed by atoms with Crippen LogP contribution in [0.3, 0.4) is 0 Å². The van der Waals surface area contributed by atoms with E-state index in [1.54, 1.807) is 22.9 Å². The van der Waals surface area contributed by atoms with Crippen LogP contribution in [0.4, 0.5) is 0 Å². The summed E-state index contributed by atoms with van der Waals surface area (Å²) in [4.78, 5) is 27.2. The monoisotopic (exact) mass is 324 g/mol. The molecule has 0 unspecified atom stereocenters. The van der Waals surface area contributed by atoms with Crippen molar-refractivity contribution in [3.8, 4) is 5.75 Å². The highest BCUT2D eigenvalue weighted by Gasteiger charge is 2.22. The number of hydrogen-bond donors (Lipinski definition) is 2. The quantitative estimate of drug-likeness (QED) is 0.754. The minimum absolute atomic E-state index is 0.0240. The van der Waals surface area contributed by atoms with Crippen LogP contribution in [0.1, 0.15) is 23.2 Å². The van der Waals surface area contributed by atoms with Gasteiger partial charge in [0, 0.05) is 24.2 Å². The topological polar surface area (TPSA) is 98.7 Å². The zero-order valence-corrected chi connectivity index (χ0v) is 12.9. The first-order chi connectivity index (χ1) is 11.6. The first-order valence-electron chi connectivity index (χ1n) is 7.74. The number of aromatic nitrogens is 2. The number of carbonyl (C=O) groups is 2. The Morgan fingerprint density at radius 2 is 2.33 bits per heavy atom. The van der Waals surface area contributed by atoms with E-state index in [1.165, 1.54) is 0 Å². The maximum Gasteiger partial charge on any atom is 0.252 e. The molecule has 0 saturated carbocycles. The van der Waals surface area contributed by atoms with E-state index in [0.717, 1.165) is 17.3 Å². The van der Waals surface area contributed by atoms with Gasteiger partial charge in [-0.2, -0.15) is 0 Å². The third-order valence-electron chi connectivity index (χ3n) is 4.24. The minimum Gasteiger partial charge on any atom is -0.489 e. The van der Waals surface area contributed by atoms with Crippen LogP contribution in [0.5, 0.6) is 5.75 Å². The van der Waals surface area contributed by atoms with Gasteiger partial charge in [-0.25, -0.2) is 4.98 Å². The number of nitrogens with zero attached hydrogens (tertiary/aromatic N) is 2. The molecule has 0 aliphatic carbocycles. The number of carbonyl (C=O) groups excluding carboxylic acids is 2. The number of para-hydroxylation sites is 1. The van der Waals surface area contributed by atoms with Crippen molar-refractivity contribution < 1.29 is 14.3 Å². The maximum absolute atomic E-state index is 11.7. The lowest BCUT2D eigenvalue weighted by atomic mass is 10.1. The first-order valence-corrected chi connectivity index (χ1v) is 7.74. The molecule has 122 valence electrons. The van der Waals surface area contributed by atoms with Crippen LogP contribution in [0, 0.1) is 0 Å². The van der Waals surface area contributed by atoms with Crippen molar-refractivity contribution in [3.63, 3.8) is 0 Å². The summed E-state index contributed by atoms with van der Waals surface area (Å²) in [5, 5.41) is 3.72. The van der Waals surface area contributed by atoms with Crippen molar-refractivity contribution in [2.75, 3.05) is 6.61 Å². The Morgan fingerprint density at radius 3 is 3.08 bits per heavy atom. The lowest BCUT2D eigenvalue weighted by molar-refractivity contribution is -0.119. The fraction of sp³-hybridized carbons (Fsp3) is 0.235. The minimum atomic E-state index is -0.520. The zero-order valence-electron chi connectivity index (χ0n) is 12.9. The number of imidazole rings is 1. The summed E-state index contributed by atoms with van der Waals surface area (Å²) in [5.74, 6) is 0.213. The molecule has 1 fully saturated rings. The van der Waals surface area contributed by atoms with Gasteiger partial charge in [-0.15, -0.1) is 0 Å². The van der Waals surface area contributed by atoms with Gasteiger partial charge in [0.1, 0.15) is 18.0 Å². The molecule has 4 rings (SSSR count). The predicted molar refractivity (Wildman–Crippen MR) is 87.9 cm³/mol. The molecular formula is C17H16N4O3. The van der Waals surface area contributed by atoms with Gasteiger partial charge in [-0.1, -0.05) is 12.1 Å². The summed E-state index contributed by atoms with van der Waals surface area (Å²) < 4.78 is 7.75. The van der Waals surface area contributed by atoms with Gasteiger partial charge >= 0.3 is 0 Å². The van der Waals surface area contributed by atoms with Crippen LogP contribution in [-0.2, 0) is 4.79 Å². The molecule has 0 bridgehead atoms. The molecule has 3 aromatic rings. The van der Waals surface area contributed by atoms with E-state index >= 15 is 0 Å². The van der Waals surface area contributed by atoms with Gasteiger partial charge < -0.3 is 15.8 Å². The summed E-state index contributed by atoms with van der Waals surface area (Å²) in [6.45, 7) is 0.401. The SMILES string of the molecule is NC(=O)c1cc2cccc(OC[C@@H]3CCC(=O)N3)c2n2ccnc12. The zero-order chi connectivity index (χ0) is 16.7. The summed E-state index contributed by atoms with van der Waals surface area (Å²) >= 11 is 0. The van der Waals surface area contributed by atoms with Gasteiger partial charge in [0.25, 0.3) is 5.91 Å². The Bertz CT molecular complexity index is 963. The number of pyridine rings is 1. The molecule has 2 amide bonds.